The Morgan fingerprint density at radius 1 is 1.20 bits per heavy atom. The molecular weight excluding hydrogens is 393 g/mol. The van der Waals surface area contributed by atoms with Gasteiger partial charge in [-0.3, -0.25) is 9.59 Å². The SMILES string of the molecule is O=C(O)N[C@H](Cc1ccc(F)cc1)C(=O)Nc1cc2c3c(c[nH]c3c1)C=NNC2=O. The van der Waals surface area contributed by atoms with Gasteiger partial charge in [0.15, 0.2) is 0 Å². The van der Waals surface area contributed by atoms with Crippen molar-refractivity contribution in [3.8, 4) is 0 Å². The molecule has 1 atom stereocenters. The van der Waals surface area contributed by atoms with Crippen molar-refractivity contribution < 1.29 is 23.9 Å². The molecule has 0 bridgehead atoms. The van der Waals surface area contributed by atoms with Crippen molar-refractivity contribution in [2.75, 3.05) is 5.32 Å². The molecular formula is C20H16FN5O4. The van der Waals surface area contributed by atoms with Gasteiger partial charge in [-0.05, 0) is 29.8 Å². The molecule has 9 nitrogen and oxygen atoms in total. The van der Waals surface area contributed by atoms with Crippen LogP contribution in [0.3, 0.4) is 0 Å². The summed E-state index contributed by atoms with van der Waals surface area (Å²) >= 11 is 0. The van der Waals surface area contributed by atoms with Gasteiger partial charge < -0.3 is 20.7 Å². The van der Waals surface area contributed by atoms with Gasteiger partial charge in [0, 0.05) is 34.8 Å². The van der Waals surface area contributed by atoms with E-state index >= 15 is 0 Å². The zero-order valence-electron chi connectivity index (χ0n) is 15.4. The van der Waals surface area contributed by atoms with E-state index in [1.807, 2.05) is 0 Å². The molecule has 2 aromatic carbocycles. The minimum Gasteiger partial charge on any atom is -0.465 e. The van der Waals surface area contributed by atoms with Crippen LogP contribution in [-0.4, -0.2) is 40.3 Å². The lowest BCUT2D eigenvalue weighted by atomic mass is 10.0. The van der Waals surface area contributed by atoms with Gasteiger partial charge in [-0.1, -0.05) is 12.1 Å². The van der Waals surface area contributed by atoms with Crippen LogP contribution in [0.5, 0.6) is 0 Å². The summed E-state index contributed by atoms with van der Waals surface area (Å²) in [5.41, 5.74) is 4.93. The van der Waals surface area contributed by atoms with Crippen LogP contribution >= 0.6 is 0 Å². The third-order valence-corrected chi connectivity index (χ3v) is 4.66. The van der Waals surface area contributed by atoms with Crippen molar-refractivity contribution in [1.82, 2.24) is 15.7 Å². The van der Waals surface area contributed by atoms with Crippen molar-refractivity contribution in [2.45, 2.75) is 12.5 Å². The first-order valence-electron chi connectivity index (χ1n) is 8.94. The number of hydrogen-bond acceptors (Lipinski definition) is 4. The average Bonchev–Trinajstić information content (AvgIpc) is 3.03. The van der Waals surface area contributed by atoms with Gasteiger partial charge in [0.25, 0.3) is 5.91 Å². The molecule has 0 saturated carbocycles. The van der Waals surface area contributed by atoms with Gasteiger partial charge in [0.2, 0.25) is 5.91 Å². The Hall–Kier alpha value is -4.21. The van der Waals surface area contributed by atoms with Crippen LogP contribution in [0.15, 0.2) is 47.7 Å². The van der Waals surface area contributed by atoms with E-state index in [2.05, 4.69) is 26.1 Å². The number of rotatable bonds is 5. The summed E-state index contributed by atoms with van der Waals surface area (Å²) in [6, 6.07) is 7.43. The number of carbonyl (C=O) groups is 3. The van der Waals surface area contributed by atoms with Crippen LogP contribution < -0.4 is 16.1 Å². The number of benzene rings is 2. The zero-order chi connectivity index (χ0) is 21.3. The standard InChI is InChI=1S/C20H16FN5O4/c21-12-3-1-10(2-4-12)5-16(25-20(29)30)19(28)24-13-6-14-17-11(8-22-15(17)7-13)9-23-26-18(14)27/h1-4,6-9,16,22,25H,5H2,(H,24,28)(H,26,27)(H,29,30)/t16-/m1/s1. The van der Waals surface area contributed by atoms with E-state index in [1.165, 1.54) is 36.5 Å². The molecule has 0 aliphatic carbocycles. The number of carboxylic acid groups (broad SMARTS) is 1. The molecule has 5 N–H and O–H groups in total. The molecule has 4 rings (SSSR count). The first-order chi connectivity index (χ1) is 14.4. The summed E-state index contributed by atoms with van der Waals surface area (Å²) in [5.74, 6) is -1.49. The number of nitrogens with zero attached hydrogens (tertiary/aromatic N) is 1. The van der Waals surface area contributed by atoms with Crippen molar-refractivity contribution in [3.05, 3.63) is 65.1 Å². The van der Waals surface area contributed by atoms with Crippen LogP contribution in [-0.2, 0) is 11.2 Å². The van der Waals surface area contributed by atoms with E-state index in [9.17, 15) is 18.8 Å². The Balaban J connectivity index is 1.61. The lowest BCUT2D eigenvalue weighted by molar-refractivity contribution is -0.118. The molecule has 3 aromatic rings. The molecule has 0 fully saturated rings. The maximum Gasteiger partial charge on any atom is 0.405 e. The molecule has 30 heavy (non-hydrogen) atoms. The molecule has 2 heterocycles. The number of aromatic nitrogens is 1. The van der Waals surface area contributed by atoms with Crippen LogP contribution in [0.4, 0.5) is 14.9 Å². The highest BCUT2D eigenvalue weighted by Gasteiger charge is 2.23. The molecule has 0 unspecified atom stereocenters. The molecule has 1 aliphatic heterocycles. The lowest BCUT2D eigenvalue weighted by Gasteiger charge is -2.17. The molecule has 1 aliphatic rings. The fraction of sp³-hybridized carbons (Fsp3) is 0.100. The second-order valence-electron chi connectivity index (χ2n) is 6.71. The summed E-state index contributed by atoms with van der Waals surface area (Å²) in [7, 11) is 0. The number of halogens is 1. The fourth-order valence-corrected chi connectivity index (χ4v) is 3.31. The first-order valence-corrected chi connectivity index (χ1v) is 8.94. The van der Waals surface area contributed by atoms with Crippen molar-refractivity contribution in [2.24, 2.45) is 5.10 Å². The van der Waals surface area contributed by atoms with Crippen molar-refractivity contribution >= 4 is 40.7 Å². The second kappa shape index (κ2) is 7.66. The highest BCUT2D eigenvalue weighted by atomic mass is 19.1. The third-order valence-electron chi connectivity index (χ3n) is 4.66. The molecule has 0 radical (unpaired) electrons. The molecule has 1 aromatic heterocycles. The number of hydrogen-bond donors (Lipinski definition) is 5. The topological polar surface area (TPSA) is 136 Å². The van der Waals surface area contributed by atoms with Gasteiger partial charge >= 0.3 is 6.09 Å². The average molecular weight is 409 g/mol. The molecule has 3 amide bonds. The molecule has 10 heteroatoms. The summed E-state index contributed by atoms with van der Waals surface area (Å²) in [4.78, 5) is 39.3. The number of H-pyrrole nitrogens is 1. The smallest absolute Gasteiger partial charge is 0.405 e. The third kappa shape index (κ3) is 3.83. The van der Waals surface area contributed by atoms with Crippen molar-refractivity contribution in [3.63, 3.8) is 0 Å². The van der Waals surface area contributed by atoms with E-state index in [0.717, 1.165) is 5.56 Å². The highest BCUT2D eigenvalue weighted by Crippen LogP contribution is 2.27. The predicted molar refractivity (Wildman–Crippen MR) is 107 cm³/mol. The Morgan fingerprint density at radius 3 is 2.70 bits per heavy atom. The number of amides is 3. The quantitative estimate of drug-likeness (QED) is 0.441. The maximum absolute atomic E-state index is 13.1. The molecule has 0 saturated heterocycles. The largest absolute Gasteiger partial charge is 0.465 e. The summed E-state index contributed by atoms with van der Waals surface area (Å²) in [6.45, 7) is 0. The molecule has 152 valence electrons. The number of hydrazone groups is 1. The maximum atomic E-state index is 13.1. The Bertz CT molecular complexity index is 1190. The lowest BCUT2D eigenvalue weighted by Crippen LogP contribution is -2.44. The fourth-order valence-electron chi connectivity index (χ4n) is 3.31. The zero-order valence-corrected chi connectivity index (χ0v) is 15.4. The van der Waals surface area contributed by atoms with Gasteiger partial charge in [0.05, 0.1) is 11.8 Å². The Labute approximate surface area is 169 Å². The van der Waals surface area contributed by atoms with Crippen LogP contribution in [0.2, 0.25) is 0 Å². The number of anilines is 1. The normalized spacial score (nSPS) is 13.4. The second-order valence-corrected chi connectivity index (χ2v) is 6.71. The monoisotopic (exact) mass is 409 g/mol. The van der Waals surface area contributed by atoms with Crippen LogP contribution in [0.25, 0.3) is 10.9 Å². The summed E-state index contributed by atoms with van der Waals surface area (Å²) < 4.78 is 13.1. The highest BCUT2D eigenvalue weighted by molar-refractivity contribution is 6.15. The van der Waals surface area contributed by atoms with Gasteiger partial charge in [-0.15, -0.1) is 0 Å². The number of nitrogens with one attached hydrogen (secondary N) is 4. The van der Waals surface area contributed by atoms with E-state index in [0.29, 0.717) is 27.7 Å². The van der Waals surface area contributed by atoms with Crippen LogP contribution in [0.1, 0.15) is 21.5 Å². The van der Waals surface area contributed by atoms with Gasteiger partial charge in [-0.2, -0.15) is 5.10 Å². The van der Waals surface area contributed by atoms with Crippen LogP contribution in [0, 0.1) is 5.82 Å². The minimum atomic E-state index is -1.37. The van der Waals surface area contributed by atoms with E-state index < -0.39 is 29.8 Å². The number of aromatic amines is 1. The summed E-state index contributed by atoms with van der Waals surface area (Å²) in [6.07, 6.45) is 1.85. The predicted octanol–water partition coefficient (Wildman–Crippen LogP) is 2.20. The van der Waals surface area contributed by atoms with E-state index in [4.69, 9.17) is 5.11 Å². The van der Waals surface area contributed by atoms with Crippen molar-refractivity contribution in [1.29, 1.82) is 0 Å². The molecule has 0 spiro atoms. The number of carbonyl (C=O) groups excluding carboxylic acids is 2. The summed E-state index contributed by atoms with van der Waals surface area (Å²) in [5, 5.41) is 18.4. The van der Waals surface area contributed by atoms with E-state index in [1.54, 1.807) is 12.3 Å². The van der Waals surface area contributed by atoms with E-state index in [-0.39, 0.29) is 6.42 Å². The Morgan fingerprint density at radius 2 is 1.97 bits per heavy atom. The Kier molecular flexibility index (Phi) is 4.88. The minimum absolute atomic E-state index is 0.0223. The van der Waals surface area contributed by atoms with Gasteiger partial charge in [-0.25, -0.2) is 14.6 Å². The first kappa shape index (κ1) is 19.1. The van der Waals surface area contributed by atoms with Gasteiger partial charge in [0.1, 0.15) is 11.9 Å².